The number of hydrogen-bond acceptors (Lipinski definition) is 3. The lowest BCUT2D eigenvalue weighted by Gasteiger charge is -2.38. The molecule has 146 valence electrons. The Balaban J connectivity index is 2.39. The highest BCUT2D eigenvalue weighted by atomic mass is 19.1. The molecule has 0 aliphatic rings. The van der Waals surface area contributed by atoms with Gasteiger partial charge in [-0.25, -0.2) is 14.2 Å². The van der Waals surface area contributed by atoms with Gasteiger partial charge in [0.1, 0.15) is 17.0 Å². The lowest BCUT2D eigenvalue weighted by Crippen LogP contribution is -2.47. The Morgan fingerprint density at radius 3 is 2.36 bits per heavy atom. The Morgan fingerprint density at radius 2 is 1.79 bits per heavy atom. The van der Waals surface area contributed by atoms with E-state index in [2.05, 4.69) is 4.98 Å². The summed E-state index contributed by atoms with van der Waals surface area (Å²) in [6, 6.07) is 12.2. The van der Waals surface area contributed by atoms with E-state index in [1.54, 1.807) is 64.1 Å². The van der Waals surface area contributed by atoms with Gasteiger partial charge in [0.2, 0.25) is 0 Å². The third-order valence-electron chi connectivity index (χ3n) is 4.58. The van der Waals surface area contributed by atoms with Crippen molar-refractivity contribution in [1.82, 2.24) is 14.5 Å². The van der Waals surface area contributed by atoms with E-state index in [9.17, 15) is 19.1 Å². The smallest absolute Gasteiger partial charge is 0.408 e. The molecule has 0 radical (unpaired) electrons. The minimum Gasteiger partial charge on any atom is -0.465 e. The maximum atomic E-state index is 14.4. The maximum absolute atomic E-state index is 14.4. The molecule has 2 aromatic carbocycles. The van der Waals surface area contributed by atoms with E-state index < -0.39 is 29.1 Å². The van der Waals surface area contributed by atoms with Crippen molar-refractivity contribution in [2.24, 2.45) is 0 Å². The lowest BCUT2D eigenvalue weighted by molar-refractivity contribution is 0.0719. The van der Waals surface area contributed by atoms with E-state index in [1.807, 2.05) is 0 Å². The second kappa shape index (κ2) is 7.07. The molecular formula is C21H22FN3O3. The van der Waals surface area contributed by atoms with E-state index in [4.69, 9.17) is 0 Å². The molecule has 0 saturated carbocycles. The highest BCUT2D eigenvalue weighted by Crippen LogP contribution is 2.29. The third-order valence-corrected chi connectivity index (χ3v) is 4.58. The largest absolute Gasteiger partial charge is 0.465 e. The minimum atomic E-state index is -1.13. The summed E-state index contributed by atoms with van der Waals surface area (Å²) in [5.74, 6) is -0.434. The maximum Gasteiger partial charge on any atom is 0.408 e. The number of halogens is 1. The quantitative estimate of drug-likeness (QED) is 0.729. The van der Waals surface area contributed by atoms with Crippen LogP contribution in [-0.2, 0) is 0 Å². The van der Waals surface area contributed by atoms with E-state index >= 15 is 0 Å². The number of nitrogens with zero attached hydrogens (tertiary/aromatic N) is 3. The van der Waals surface area contributed by atoms with Crippen LogP contribution in [0, 0.1) is 5.82 Å². The fourth-order valence-corrected chi connectivity index (χ4v) is 3.46. The fourth-order valence-electron chi connectivity index (χ4n) is 3.46. The standard InChI is InChI=1S/C21H22FN3O3/c1-13(25(20(27)28)21(2,3)4)18-23-16-12-8-11-15(22)17(16)19(26)24(18)14-9-6-5-7-10-14/h5-13H,1-4H3,(H,27,28). The molecular weight excluding hydrogens is 361 g/mol. The fraction of sp³-hybridized carbons (Fsp3) is 0.286. The van der Waals surface area contributed by atoms with Gasteiger partial charge >= 0.3 is 6.09 Å². The normalized spacial score (nSPS) is 12.8. The topological polar surface area (TPSA) is 75.4 Å². The van der Waals surface area contributed by atoms with Crippen LogP contribution in [0.3, 0.4) is 0 Å². The Hall–Kier alpha value is -3.22. The number of carbonyl (C=O) groups is 1. The van der Waals surface area contributed by atoms with Crippen molar-refractivity contribution in [3.8, 4) is 5.69 Å². The average Bonchev–Trinajstić information content (AvgIpc) is 2.60. The van der Waals surface area contributed by atoms with Gasteiger partial charge in [-0.2, -0.15) is 0 Å². The van der Waals surface area contributed by atoms with Crippen molar-refractivity contribution < 1.29 is 14.3 Å². The summed E-state index contributed by atoms with van der Waals surface area (Å²) in [5.41, 5.74) is -0.624. The Morgan fingerprint density at radius 1 is 1.14 bits per heavy atom. The van der Waals surface area contributed by atoms with Gasteiger partial charge in [-0.1, -0.05) is 24.3 Å². The van der Waals surface area contributed by atoms with Crippen LogP contribution in [0.15, 0.2) is 53.3 Å². The van der Waals surface area contributed by atoms with Crippen molar-refractivity contribution in [1.29, 1.82) is 0 Å². The van der Waals surface area contributed by atoms with Crippen molar-refractivity contribution in [3.63, 3.8) is 0 Å². The van der Waals surface area contributed by atoms with Crippen LogP contribution in [0.2, 0.25) is 0 Å². The first kappa shape index (κ1) is 19.5. The van der Waals surface area contributed by atoms with Gasteiger partial charge in [-0.15, -0.1) is 0 Å². The molecule has 1 unspecified atom stereocenters. The van der Waals surface area contributed by atoms with Gasteiger partial charge in [0.05, 0.1) is 17.2 Å². The summed E-state index contributed by atoms with van der Waals surface area (Å²) in [5, 5.41) is 9.65. The van der Waals surface area contributed by atoms with Crippen LogP contribution in [0.4, 0.5) is 9.18 Å². The molecule has 0 aliphatic carbocycles. The monoisotopic (exact) mass is 383 g/mol. The Bertz CT molecular complexity index is 1090. The van der Waals surface area contributed by atoms with Crippen LogP contribution >= 0.6 is 0 Å². The first-order chi connectivity index (χ1) is 13.1. The van der Waals surface area contributed by atoms with Crippen LogP contribution in [0.5, 0.6) is 0 Å². The summed E-state index contributed by atoms with van der Waals surface area (Å²) in [7, 11) is 0. The van der Waals surface area contributed by atoms with Gasteiger partial charge in [-0.05, 0) is 52.0 Å². The molecule has 1 atom stereocenters. The predicted molar refractivity (Wildman–Crippen MR) is 105 cm³/mol. The zero-order valence-electron chi connectivity index (χ0n) is 16.2. The number of carboxylic acid groups (broad SMARTS) is 1. The van der Waals surface area contributed by atoms with Gasteiger partial charge in [0.25, 0.3) is 5.56 Å². The molecule has 1 aromatic heterocycles. The highest BCUT2D eigenvalue weighted by molar-refractivity contribution is 5.78. The molecule has 6 nitrogen and oxygen atoms in total. The first-order valence-electron chi connectivity index (χ1n) is 8.92. The number of para-hydroxylation sites is 1. The summed E-state index contributed by atoms with van der Waals surface area (Å²) in [6.07, 6.45) is -1.13. The number of amides is 1. The third kappa shape index (κ3) is 3.35. The van der Waals surface area contributed by atoms with Crippen molar-refractivity contribution in [2.75, 3.05) is 0 Å². The molecule has 3 aromatic rings. The molecule has 0 bridgehead atoms. The zero-order chi connectivity index (χ0) is 20.6. The minimum absolute atomic E-state index is 0.125. The van der Waals surface area contributed by atoms with Crippen molar-refractivity contribution >= 4 is 17.0 Å². The molecule has 0 saturated heterocycles. The van der Waals surface area contributed by atoms with Gasteiger partial charge < -0.3 is 5.11 Å². The van der Waals surface area contributed by atoms with Crippen molar-refractivity contribution in [3.05, 3.63) is 70.5 Å². The molecule has 1 N–H and O–H groups in total. The Labute approximate surface area is 161 Å². The number of aromatic nitrogens is 2. The van der Waals surface area contributed by atoms with Gasteiger partial charge in [0.15, 0.2) is 0 Å². The molecule has 1 amide bonds. The molecule has 3 rings (SSSR count). The highest BCUT2D eigenvalue weighted by Gasteiger charge is 2.34. The van der Waals surface area contributed by atoms with Gasteiger partial charge in [0, 0.05) is 5.54 Å². The molecule has 28 heavy (non-hydrogen) atoms. The summed E-state index contributed by atoms with van der Waals surface area (Å²) >= 11 is 0. The van der Waals surface area contributed by atoms with E-state index in [0.717, 1.165) is 0 Å². The molecule has 7 heteroatoms. The van der Waals surface area contributed by atoms with Crippen molar-refractivity contribution in [2.45, 2.75) is 39.3 Å². The lowest BCUT2D eigenvalue weighted by atomic mass is 10.0. The second-order valence-electron chi connectivity index (χ2n) is 7.58. The number of benzene rings is 2. The number of fused-ring (bicyclic) bond motifs is 1. The average molecular weight is 383 g/mol. The van der Waals surface area contributed by atoms with Crippen LogP contribution < -0.4 is 5.56 Å². The van der Waals surface area contributed by atoms with Crippen LogP contribution in [0.25, 0.3) is 16.6 Å². The van der Waals surface area contributed by atoms with Gasteiger partial charge in [-0.3, -0.25) is 14.3 Å². The summed E-state index contributed by atoms with van der Waals surface area (Å²) in [4.78, 5) is 30.9. The Kier molecular flexibility index (Phi) is 4.93. The molecule has 1 heterocycles. The second-order valence-corrected chi connectivity index (χ2v) is 7.58. The van der Waals surface area contributed by atoms with E-state index in [-0.39, 0.29) is 16.7 Å². The molecule has 0 fully saturated rings. The van der Waals surface area contributed by atoms with Crippen LogP contribution in [-0.4, -0.2) is 31.2 Å². The number of rotatable bonds is 3. The summed E-state index contributed by atoms with van der Waals surface area (Å²) in [6.45, 7) is 6.97. The predicted octanol–water partition coefficient (Wildman–Crippen LogP) is 4.36. The van der Waals surface area contributed by atoms with E-state index in [0.29, 0.717) is 5.69 Å². The van der Waals surface area contributed by atoms with E-state index in [1.165, 1.54) is 21.6 Å². The number of hydrogen-bond donors (Lipinski definition) is 1. The zero-order valence-corrected chi connectivity index (χ0v) is 16.2. The molecule has 0 spiro atoms. The first-order valence-corrected chi connectivity index (χ1v) is 8.92. The molecule has 0 aliphatic heterocycles. The van der Waals surface area contributed by atoms with Crippen LogP contribution in [0.1, 0.15) is 39.6 Å². The summed E-state index contributed by atoms with van der Waals surface area (Å²) < 4.78 is 15.7. The SMILES string of the molecule is CC(c1nc2cccc(F)c2c(=O)n1-c1ccccc1)N(C(=O)O)C(C)(C)C.